The first-order valence-electron chi connectivity index (χ1n) is 5.25. The van der Waals surface area contributed by atoms with E-state index < -0.39 is 0 Å². The standard InChI is InChI=1S/C12H20O/c1-4-6-12(9-13)7-5-10(2)11(3)8-12/h9H,4-8H2,1-3H3. The third kappa shape index (κ3) is 2.20. The molecule has 74 valence electrons. The van der Waals surface area contributed by atoms with Gasteiger partial charge in [0.1, 0.15) is 6.29 Å². The van der Waals surface area contributed by atoms with Crippen molar-refractivity contribution >= 4 is 6.29 Å². The molecule has 0 N–H and O–H groups in total. The predicted molar refractivity (Wildman–Crippen MR) is 55.6 cm³/mol. The summed E-state index contributed by atoms with van der Waals surface area (Å²) in [6.07, 6.45) is 6.55. The van der Waals surface area contributed by atoms with E-state index in [0.717, 1.165) is 32.1 Å². The van der Waals surface area contributed by atoms with Crippen LogP contribution >= 0.6 is 0 Å². The molecule has 0 fully saturated rings. The topological polar surface area (TPSA) is 17.1 Å². The van der Waals surface area contributed by atoms with E-state index in [1.54, 1.807) is 0 Å². The molecule has 1 atom stereocenters. The fourth-order valence-corrected chi connectivity index (χ4v) is 2.29. The summed E-state index contributed by atoms with van der Waals surface area (Å²) in [7, 11) is 0. The zero-order chi connectivity index (χ0) is 9.90. The Labute approximate surface area is 81.2 Å². The Bertz CT molecular complexity index is 227. The van der Waals surface area contributed by atoms with Crippen molar-refractivity contribution in [1.82, 2.24) is 0 Å². The highest BCUT2D eigenvalue weighted by Crippen LogP contribution is 2.40. The quantitative estimate of drug-likeness (QED) is 0.480. The van der Waals surface area contributed by atoms with Gasteiger partial charge in [-0.25, -0.2) is 0 Å². The predicted octanol–water partition coefficient (Wildman–Crippen LogP) is 3.49. The Kier molecular flexibility index (Phi) is 3.29. The highest BCUT2D eigenvalue weighted by atomic mass is 16.1. The molecule has 1 rings (SSSR count). The first-order chi connectivity index (χ1) is 6.13. The maximum Gasteiger partial charge on any atom is 0.126 e. The molecule has 0 aliphatic heterocycles. The van der Waals surface area contributed by atoms with E-state index in [1.165, 1.54) is 17.4 Å². The molecule has 0 saturated carbocycles. The van der Waals surface area contributed by atoms with Crippen LogP contribution in [0.25, 0.3) is 0 Å². The summed E-state index contributed by atoms with van der Waals surface area (Å²) in [6.45, 7) is 6.52. The number of hydrogen-bond acceptors (Lipinski definition) is 1. The summed E-state index contributed by atoms with van der Waals surface area (Å²) in [4.78, 5) is 11.1. The van der Waals surface area contributed by atoms with Crippen molar-refractivity contribution < 1.29 is 4.79 Å². The summed E-state index contributed by atoms with van der Waals surface area (Å²) in [5.74, 6) is 0. The van der Waals surface area contributed by atoms with Crippen LogP contribution in [0.4, 0.5) is 0 Å². The lowest BCUT2D eigenvalue weighted by molar-refractivity contribution is -0.117. The van der Waals surface area contributed by atoms with Gasteiger partial charge in [-0.05, 0) is 39.5 Å². The second-order valence-electron chi connectivity index (χ2n) is 4.47. The number of allylic oxidation sites excluding steroid dienone is 2. The molecule has 1 nitrogen and oxygen atoms in total. The minimum absolute atomic E-state index is 0.0155. The van der Waals surface area contributed by atoms with Crippen molar-refractivity contribution in [2.75, 3.05) is 0 Å². The van der Waals surface area contributed by atoms with Crippen LogP contribution in [-0.2, 0) is 4.79 Å². The number of rotatable bonds is 3. The molecule has 0 aromatic heterocycles. The number of aldehydes is 1. The van der Waals surface area contributed by atoms with Gasteiger partial charge in [0.05, 0.1) is 0 Å². The summed E-state index contributed by atoms with van der Waals surface area (Å²) in [6, 6.07) is 0. The molecular weight excluding hydrogens is 160 g/mol. The van der Waals surface area contributed by atoms with Crippen molar-refractivity contribution in [3.05, 3.63) is 11.1 Å². The normalized spacial score (nSPS) is 29.2. The molecule has 0 spiro atoms. The van der Waals surface area contributed by atoms with Crippen molar-refractivity contribution in [2.24, 2.45) is 5.41 Å². The van der Waals surface area contributed by atoms with Crippen LogP contribution in [0.2, 0.25) is 0 Å². The third-order valence-electron chi connectivity index (χ3n) is 3.34. The molecule has 0 radical (unpaired) electrons. The summed E-state index contributed by atoms with van der Waals surface area (Å²) in [5, 5.41) is 0. The maximum atomic E-state index is 11.1. The highest BCUT2D eigenvalue weighted by molar-refractivity contribution is 5.60. The van der Waals surface area contributed by atoms with Crippen LogP contribution in [0.5, 0.6) is 0 Å². The van der Waals surface area contributed by atoms with Crippen molar-refractivity contribution in [1.29, 1.82) is 0 Å². The second kappa shape index (κ2) is 4.08. The minimum atomic E-state index is -0.0155. The summed E-state index contributed by atoms with van der Waals surface area (Å²) >= 11 is 0. The van der Waals surface area contributed by atoms with E-state index in [2.05, 4.69) is 20.8 Å². The van der Waals surface area contributed by atoms with Crippen LogP contribution in [0.15, 0.2) is 11.1 Å². The number of carbonyl (C=O) groups is 1. The van der Waals surface area contributed by atoms with E-state index in [4.69, 9.17) is 0 Å². The van der Waals surface area contributed by atoms with E-state index >= 15 is 0 Å². The molecule has 0 heterocycles. The van der Waals surface area contributed by atoms with E-state index in [0.29, 0.717) is 0 Å². The molecule has 0 bridgehead atoms. The van der Waals surface area contributed by atoms with E-state index in [9.17, 15) is 4.79 Å². The largest absolute Gasteiger partial charge is 0.303 e. The summed E-state index contributed by atoms with van der Waals surface area (Å²) in [5.41, 5.74) is 2.92. The first-order valence-corrected chi connectivity index (χ1v) is 5.25. The second-order valence-corrected chi connectivity index (χ2v) is 4.47. The van der Waals surface area contributed by atoms with Crippen LogP contribution in [0, 0.1) is 5.41 Å². The molecule has 1 aliphatic carbocycles. The van der Waals surface area contributed by atoms with Crippen LogP contribution < -0.4 is 0 Å². The molecule has 0 amide bonds. The van der Waals surface area contributed by atoms with Gasteiger partial charge < -0.3 is 4.79 Å². The van der Waals surface area contributed by atoms with Gasteiger partial charge >= 0.3 is 0 Å². The molecule has 0 saturated heterocycles. The fraction of sp³-hybridized carbons (Fsp3) is 0.750. The van der Waals surface area contributed by atoms with Gasteiger partial charge in [-0.15, -0.1) is 0 Å². The van der Waals surface area contributed by atoms with Crippen LogP contribution in [-0.4, -0.2) is 6.29 Å². The van der Waals surface area contributed by atoms with Crippen molar-refractivity contribution in [3.63, 3.8) is 0 Å². The Morgan fingerprint density at radius 1 is 1.38 bits per heavy atom. The lowest BCUT2D eigenvalue weighted by atomic mass is 9.70. The van der Waals surface area contributed by atoms with Crippen molar-refractivity contribution in [3.8, 4) is 0 Å². The number of hydrogen-bond donors (Lipinski definition) is 0. The maximum absolute atomic E-state index is 11.1. The molecule has 0 aromatic rings. The lowest BCUT2D eigenvalue weighted by Crippen LogP contribution is -2.26. The van der Waals surface area contributed by atoms with Gasteiger partial charge in [-0.3, -0.25) is 0 Å². The average molecular weight is 180 g/mol. The first kappa shape index (κ1) is 10.5. The zero-order valence-corrected chi connectivity index (χ0v) is 9.02. The Morgan fingerprint density at radius 3 is 2.54 bits per heavy atom. The molecule has 1 heteroatoms. The number of carbonyl (C=O) groups excluding carboxylic acids is 1. The molecule has 1 aliphatic rings. The highest BCUT2D eigenvalue weighted by Gasteiger charge is 2.32. The average Bonchev–Trinajstić information content (AvgIpc) is 2.12. The van der Waals surface area contributed by atoms with Gasteiger partial charge in [0.25, 0.3) is 0 Å². The van der Waals surface area contributed by atoms with Crippen LogP contribution in [0.1, 0.15) is 52.9 Å². The van der Waals surface area contributed by atoms with Crippen molar-refractivity contribution in [2.45, 2.75) is 52.9 Å². The monoisotopic (exact) mass is 180 g/mol. The molecule has 0 aromatic carbocycles. The molecule has 13 heavy (non-hydrogen) atoms. The Balaban J connectivity index is 2.77. The minimum Gasteiger partial charge on any atom is -0.303 e. The van der Waals surface area contributed by atoms with Gasteiger partial charge in [0.2, 0.25) is 0 Å². The van der Waals surface area contributed by atoms with E-state index in [1.807, 2.05) is 0 Å². The van der Waals surface area contributed by atoms with Gasteiger partial charge in [0, 0.05) is 5.41 Å². The van der Waals surface area contributed by atoms with Gasteiger partial charge in [0.15, 0.2) is 0 Å². The molecular formula is C12H20O. The third-order valence-corrected chi connectivity index (χ3v) is 3.34. The zero-order valence-electron chi connectivity index (χ0n) is 9.02. The smallest absolute Gasteiger partial charge is 0.126 e. The molecule has 1 unspecified atom stereocenters. The Hall–Kier alpha value is -0.590. The lowest BCUT2D eigenvalue weighted by Gasteiger charge is -2.33. The fourth-order valence-electron chi connectivity index (χ4n) is 2.29. The van der Waals surface area contributed by atoms with Gasteiger partial charge in [-0.1, -0.05) is 24.5 Å². The SMILES string of the molecule is CCCC1(C=O)CCC(C)=C(C)C1. The summed E-state index contributed by atoms with van der Waals surface area (Å²) < 4.78 is 0. The van der Waals surface area contributed by atoms with Gasteiger partial charge in [-0.2, -0.15) is 0 Å². The van der Waals surface area contributed by atoms with E-state index in [-0.39, 0.29) is 5.41 Å². The Morgan fingerprint density at radius 2 is 2.08 bits per heavy atom. The van der Waals surface area contributed by atoms with Crippen LogP contribution in [0.3, 0.4) is 0 Å².